The maximum atomic E-state index is 6.28. The molecule has 3 aromatic heterocycles. The summed E-state index contributed by atoms with van der Waals surface area (Å²) in [5, 5.41) is 3.74. The van der Waals surface area contributed by atoms with Crippen LogP contribution in [0.4, 0.5) is 5.82 Å². The molecule has 8 nitrogen and oxygen atoms in total. The number of rotatable bonds is 7. The van der Waals surface area contributed by atoms with Crippen LogP contribution in [0.5, 0.6) is 11.6 Å². The van der Waals surface area contributed by atoms with Crippen molar-refractivity contribution in [3.63, 3.8) is 0 Å². The van der Waals surface area contributed by atoms with Crippen LogP contribution in [0.15, 0.2) is 49.3 Å². The van der Waals surface area contributed by atoms with Gasteiger partial charge in [-0.25, -0.2) is 29.9 Å². The van der Waals surface area contributed by atoms with Gasteiger partial charge in [-0.05, 0) is 30.5 Å². The predicted octanol–water partition coefficient (Wildman–Crippen LogP) is 3.87. The molecule has 3 heterocycles. The number of hydrogen-bond donors (Lipinski definition) is 1. The SMILES string of the molecule is CCc1ncnc(Oc2ccc(CCNc3ncnc4nccnc34)cc2)c1Cl. The Kier molecular flexibility index (Phi) is 5.71. The molecule has 0 aliphatic heterocycles. The fraction of sp³-hybridized carbons (Fsp3) is 0.200. The topological polar surface area (TPSA) is 98.6 Å². The van der Waals surface area contributed by atoms with Crippen LogP contribution in [-0.4, -0.2) is 36.4 Å². The van der Waals surface area contributed by atoms with Gasteiger partial charge in [0.25, 0.3) is 0 Å². The zero-order valence-corrected chi connectivity index (χ0v) is 16.5. The quantitative estimate of drug-likeness (QED) is 0.493. The molecule has 0 amide bonds. The van der Waals surface area contributed by atoms with Crippen molar-refractivity contribution in [1.82, 2.24) is 29.9 Å². The molecule has 0 saturated heterocycles. The number of ether oxygens (including phenoxy) is 1. The number of nitrogens with zero attached hydrogens (tertiary/aromatic N) is 6. The van der Waals surface area contributed by atoms with Gasteiger partial charge in [0.05, 0.1) is 5.69 Å². The largest absolute Gasteiger partial charge is 0.437 e. The molecule has 0 spiro atoms. The van der Waals surface area contributed by atoms with Crippen LogP contribution in [0.2, 0.25) is 5.02 Å². The van der Waals surface area contributed by atoms with Crippen molar-refractivity contribution in [3.05, 3.63) is 65.6 Å². The van der Waals surface area contributed by atoms with Crippen molar-refractivity contribution in [2.24, 2.45) is 0 Å². The minimum absolute atomic E-state index is 0.365. The van der Waals surface area contributed by atoms with E-state index in [1.165, 1.54) is 12.7 Å². The first-order valence-corrected chi connectivity index (χ1v) is 9.54. The molecule has 0 radical (unpaired) electrons. The third kappa shape index (κ3) is 4.38. The Bertz CT molecular complexity index is 1120. The Morgan fingerprint density at radius 2 is 1.72 bits per heavy atom. The van der Waals surface area contributed by atoms with E-state index in [0.717, 1.165) is 24.1 Å². The van der Waals surface area contributed by atoms with Gasteiger partial charge in [0, 0.05) is 18.9 Å². The molecule has 0 aliphatic rings. The molecule has 1 aromatic carbocycles. The lowest BCUT2D eigenvalue weighted by atomic mass is 10.1. The average molecular weight is 408 g/mol. The second kappa shape index (κ2) is 8.74. The molecular formula is C20H18ClN7O. The summed E-state index contributed by atoms with van der Waals surface area (Å²) < 4.78 is 5.80. The highest BCUT2D eigenvalue weighted by atomic mass is 35.5. The van der Waals surface area contributed by atoms with Gasteiger partial charge in [-0.1, -0.05) is 30.7 Å². The van der Waals surface area contributed by atoms with E-state index >= 15 is 0 Å². The number of fused-ring (bicyclic) bond motifs is 1. The molecule has 29 heavy (non-hydrogen) atoms. The summed E-state index contributed by atoms with van der Waals surface area (Å²) in [5.41, 5.74) is 3.15. The molecule has 1 N–H and O–H groups in total. The van der Waals surface area contributed by atoms with Crippen LogP contribution in [0.1, 0.15) is 18.2 Å². The van der Waals surface area contributed by atoms with Crippen LogP contribution in [0, 0.1) is 0 Å². The summed E-state index contributed by atoms with van der Waals surface area (Å²) in [5.74, 6) is 1.71. The molecule has 146 valence electrons. The highest BCUT2D eigenvalue weighted by molar-refractivity contribution is 6.32. The van der Waals surface area contributed by atoms with E-state index in [4.69, 9.17) is 16.3 Å². The smallest absolute Gasteiger partial charge is 0.241 e. The standard InChI is InChI=1S/C20H18ClN7O/c1-2-15-16(21)20(28-11-25-15)29-14-5-3-13(4-6-14)7-8-23-18-17-19(27-12-26-18)24-10-9-22-17/h3-6,9-12H,2,7-8H2,1H3,(H,23,24,26,27). The zero-order chi connectivity index (χ0) is 20.1. The number of halogens is 1. The van der Waals surface area contributed by atoms with Crippen molar-refractivity contribution in [3.8, 4) is 11.6 Å². The zero-order valence-electron chi connectivity index (χ0n) is 15.7. The van der Waals surface area contributed by atoms with E-state index < -0.39 is 0 Å². The van der Waals surface area contributed by atoms with Crippen molar-refractivity contribution in [2.75, 3.05) is 11.9 Å². The van der Waals surface area contributed by atoms with Crippen molar-refractivity contribution in [1.29, 1.82) is 0 Å². The molecule has 0 unspecified atom stereocenters. The summed E-state index contributed by atoms with van der Waals surface area (Å²) in [6.45, 7) is 2.68. The van der Waals surface area contributed by atoms with Gasteiger partial charge in [-0.15, -0.1) is 0 Å². The Hall–Kier alpha value is -3.39. The second-order valence-electron chi connectivity index (χ2n) is 6.17. The third-order valence-electron chi connectivity index (χ3n) is 4.28. The van der Waals surface area contributed by atoms with Gasteiger partial charge in [0.1, 0.15) is 28.9 Å². The summed E-state index contributed by atoms with van der Waals surface area (Å²) in [4.78, 5) is 25.1. The lowest BCUT2D eigenvalue weighted by Crippen LogP contribution is -2.08. The Labute approximate surface area is 172 Å². The fourth-order valence-corrected chi connectivity index (χ4v) is 3.06. The first kappa shape index (κ1) is 18.9. The summed E-state index contributed by atoms with van der Waals surface area (Å²) in [6.07, 6.45) is 7.70. The maximum absolute atomic E-state index is 6.28. The number of anilines is 1. The van der Waals surface area contributed by atoms with E-state index in [-0.39, 0.29) is 0 Å². The summed E-state index contributed by atoms with van der Waals surface area (Å²) >= 11 is 6.28. The molecule has 0 atom stereocenters. The monoisotopic (exact) mass is 407 g/mol. The van der Waals surface area contributed by atoms with Gasteiger partial charge in [0.15, 0.2) is 11.5 Å². The Morgan fingerprint density at radius 3 is 2.55 bits per heavy atom. The summed E-state index contributed by atoms with van der Waals surface area (Å²) in [6, 6.07) is 7.80. The first-order chi connectivity index (χ1) is 14.2. The van der Waals surface area contributed by atoms with E-state index in [2.05, 4.69) is 35.2 Å². The molecule has 4 rings (SSSR count). The van der Waals surface area contributed by atoms with Crippen LogP contribution in [0.25, 0.3) is 11.2 Å². The molecular weight excluding hydrogens is 390 g/mol. The Balaban J connectivity index is 1.37. The van der Waals surface area contributed by atoms with Crippen molar-refractivity contribution in [2.45, 2.75) is 19.8 Å². The summed E-state index contributed by atoms with van der Waals surface area (Å²) in [7, 11) is 0. The lowest BCUT2D eigenvalue weighted by Gasteiger charge is -2.09. The molecule has 4 aromatic rings. The number of aryl methyl sites for hydroxylation is 1. The van der Waals surface area contributed by atoms with Crippen LogP contribution in [-0.2, 0) is 12.8 Å². The van der Waals surface area contributed by atoms with Crippen LogP contribution < -0.4 is 10.1 Å². The van der Waals surface area contributed by atoms with Gasteiger partial charge >= 0.3 is 0 Å². The fourth-order valence-electron chi connectivity index (χ4n) is 2.79. The first-order valence-electron chi connectivity index (χ1n) is 9.16. The number of benzene rings is 1. The Morgan fingerprint density at radius 1 is 0.931 bits per heavy atom. The van der Waals surface area contributed by atoms with Crippen LogP contribution >= 0.6 is 11.6 Å². The minimum atomic E-state index is 0.365. The average Bonchev–Trinajstić information content (AvgIpc) is 2.76. The highest BCUT2D eigenvalue weighted by Crippen LogP contribution is 2.29. The van der Waals surface area contributed by atoms with Gasteiger partial charge in [-0.2, -0.15) is 0 Å². The lowest BCUT2D eigenvalue weighted by molar-refractivity contribution is 0.460. The van der Waals surface area contributed by atoms with E-state index in [1.807, 2.05) is 31.2 Å². The molecule has 9 heteroatoms. The third-order valence-corrected chi connectivity index (χ3v) is 4.66. The molecule has 0 bridgehead atoms. The van der Waals surface area contributed by atoms with Crippen molar-refractivity contribution < 1.29 is 4.74 Å². The van der Waals surface area contributed by atoms with Crippen molar-refractivity contribution >= 4 is 28.6 Å². The predicted molar refractivity (Wildman–Crippen MR) is 110 cm³/mol. The normalized spacial score (nSPS) is 10.8. The molecule has 0 aliphatic carbocycles. The van der Waals surface area contributed by atoms with E-state index in [1.54, 1.807) is 12.4 Å². The highest BCUT2D eigenvalue weighted by Gasteiger charge is 2.10. The number of aromatic nitrogens is 6. The van der Waals surface area contributed by atoms with Gasteiger partial charge in [0.2, 0.25) is 5.88 Å². The molecule has 0 fully saturated rings. The minimum Gasteiger partial charge on any atom is -0.437 e. The van der Waals surface area contributed by atoms with E-state index in [0.29, 0.717) is 40.2 Å². The van der Waals surface area contributed by atoms with E-state index in [9.17, 15) is 0 Å². The number of nitrogens with one attached hydrogen (secondary N) is 1. The van der Waals surface area contributed by atoms with Crippen LogP contribution in [0.3, 0.4) is 0 Å². The number of hydrogen-bond acceptors (Lipinski definition) is 8. The maximum Gasteiger partial charge on any atom is 0.241 e. The second-order valence-corrected chi connectivity index (χ2v) is 6.54. The molecule has 0 saturated carbocycles. The van der Waals surface area contributed by atoms with Gasteiger partial charge < -0.3 is 10.1 Å². The van der Waals surface area contributed by atoms with Gasteiger partial charge in [-0.3, -0.25) is 0 Å².